The Morgan fingerprint density at radius 2 is 2.30 bits per heavy atom. The third-order valence-corrected chi connectivity index (χ3v) is 4.25. The number of aliphatic hydroxyl groups is 1. The Hall–Kier alpha value is -1.79. The molecule has 0 spiro atoms. The lowest BCUT2D eigenvalue weighted by Gasteiger charge is -2.27. The van der Waals surface area contributed by atoms with Gasteiger partial charge in [0, 0.05) is 30.1 Å². The molecule has 104 valence electrons. The summed E-state index contributed by atoms with van der Waals surface area (Å²) in [5.41, 5.74) is 1.57. The Kier molecular flexibility index (Phi) is 3.75. The number of piperidine rings is 1. The minimum atomic E-state index is 0.0719. The van der Waals surface area contributed by atoms with Crippen molar-refractivity contribution in [2.45, 2.75) is 31.7 Å². The van der Waals surface area contributed by atoms with Crippen LogP contribution in [-0.2, 0) is 0 Å². The molecule has 3 nitrogen and oxygen atoms in total. The van der Waals surface area contributed by atoms with Crippen LogP contribution in [0.5, 0.6) is 0 Å². The zero-order valence-electron chi connectivity index (χ0n) is 11.5. The van der Waals surface area contributed by atoms with Crippen LogP contribution >= 0.6 is 0 Å². The molecular weight excluding hydrogens is 250 g/mol. The van der Waals surface area contributed by atoms with Crippen molar-refractivity contribution in [3.05, 3.63) is 35.4 Å². The van der Waals surface area contributed by atoms with Gasteiger partial charge in [0.25, 0.3) is 5.91 Å². The summed E-state index contributed by atoms with van der Waals surface area (Å²) in [5, 5.41) is 8.73. The van der Waals surface area contributed by atoms with Crippen LogP contribution in [0.2, 0.25) is 0 Å². The molecule has 1 N–H and O–H groups in total. The smallest absolute Gasteiger partial charge is 0.254 e. The maximum absolute atomic E-state index is 12.6. The molecule has 1 heterocycles. The number of likely N-dealkylation sites (tertiary alicyclic amines) is 1. The highest BCUT2D eigenvalue weighted by Crippen LogP contribution is 2.38. The molecule has 0 radical (unpaired) electrons. The number of hydrogen-bond acceptors (Lipinski definition) is 2. The van der Waals surface area contributed by atoms with E-state index in [1.54, 1.807) is 0 Å². The third kappa shape index (κ3) is 2.57. The first-order valence-corrected chi connectivity index (χ1v) is 7.28. The standard InChI is InChI=1S/C17H19NO2/c19-9-2-1-4-13-5-3-6-15(10-13)17(20)18-12-14-7-8-16(18)11-14/h3,5-6,10,14,16,19H,2,7-9,11-12H2. The molecule has 3 heteroatoms. The number of carbonyl (C=O) groups excluding carboxylic acids is 1. The zero-order valence-corrected chi connectivity index (χ0v) is 11.5. The molecule has 20 heavy (non-hydrogen) atoms. The van der Waals surface area contributed by atoms with E-state index < -0.39 is 0 Å². The Bertz CT molecular complexity index is 570. The van der Waals surface area contributed by atoms with Gasteiger partial charge in [-0.3, -0.25) is 4.79 Å². The quantitative estimate of drug-likeness (QED) is 0.835. The molecule has 1 saturated carbocycles. The van der Waals surface area contributed by atoms with Gasteiger partial charge in [0.05, 0.1) is 6.61 Å². The molecule has 3 rings (SSSR count). The van der Waals surface area contributed by atoms with E-state index in [0.717, 1.165) is 30.0 Å². The molecule has 2 atom stereocenters. The predicted octanol–water partition coefficient (Wildman–Crippen LogP) is 2.04. The lowest BCUT2D eigenvalue weighted by molar-refractivity contribution is 0.0703. The summed E-state index contributed by atoms with van der Waals surface area (Å²) in [6.07, 6.45) is 4.09. The van der Waals surface area contributed by atoms with E-state index in [9.17, 15) is 4.79 Å². The lowest BCUT2D eigenvalue weighted by Crippen LogP contribution is -2.37. The van der Waals surface area contributed by atoms with Crippen molar-refractivity contribution in [2.24, 2.45) is 5.92 Å². The van der Waals surface area contributed by atoms with Crippen molar-refractivity contribution in [1.82, 2.24) is 4.90 Å². The van der Waals surface area contributed by atoms with Crippen molar-refractivity contribution < 1.29 is 9.90 Å². The fourth-order valence-electron chi connectivity index (χ4n) is 3.29. The maximum Gasteiger partial charge on any atom is 0.254 e. The fourth-order valence-corrected chi connectivity index (χ4v) is 3.29. The van der Waals surface area contributed by atoms with Gasteiger partial charge in [-0.25, -0.2) is 0 Å². The Morgan fingerprint density at radius 1 is 1.40 bits per heavy atom. The van der Waals surface area contributed by atoms with Gasteiger partial charge in [-0.1, -0.05) is 17.9 Å². The normalized spacial score (nSPS) is 23.6. The van der Waals surface area contributed by atoms with Crippen LogP contribution in [0.15, 0.2) is 24.3 Å². The highest BCUT2D eigenvalue weighted by atomic mass is 16.2. The fraction of sp³-hybridized carbons (Fsp3) is 0.471. The van der Waals surface area contributed by atoms with E-state index in [1.165, 1.54) is 12.8 Å². The Balaban J connectivity index is 1.75. The summed E-state index contributed by atoms with van der Waals surface area (Å²) < 4.78 is 0. The molecule has 1 amide bonds. The number of aliphatic hydroxyl groups excluding tert-OH is 1. The molecule has 2 unspecified atom stereocenters. The van der Waals surface area contributed by atoms with Gasteiger partial charge in [-0.15, -0.1) is 0 Å². The summed E-state index contributed by atoms with van der Waals surface area (Å²) in [4.78, 5) is 14.6. The van der Waals surface area contributed by atoms with Crippen LogP contribution in [0.3, 0.4) is 0 Å². The minimum Gasteiger partial charge on any atom is -0.395 e. The molecule has 2 fully saturated rings. The van der Waals surface area contributed by atoms with Crippen molar-refractivity contribution in [1.29, 1.82) is 0 Å². The van der Waals surface area contributed by atoms with Gasteiger partial charge >= 0.3 is 0 Å². The number of hydrogen-bond donors (Lipinski definition) is 1. The van der Waals surface area contributed by atoms with E-state index in [2.05, 4.69) is 11.8 Å². The molecule has 2 bridgehead atoms. The van der Waals surface area contributed by atoms with Crippen molar-refractivity contribution in [3.63, 3.8) is 0 Å². The summed E-state index contributed by atoms with van der Waals surface area (Å²) in [6, 6.07) is 7.96. The van der Waals surface area contributed by atoms with Gasteiger partial charge in [0.2, 0.25) is 0 Å². The molecular formula is C17H19NO2. The average molecular weight is 269 g/mol. The molecule has 0 aromatic heterocycles. The minimum absolute atomic E-state index is 0.0719. The number of fused-ring (bicyclic) bond motifs is 2. The van der Waals surface area contributed by atoms with E-state index >= 15 is 0 Å². The Morgan fingerprint density at radius 3 is 3.00 bits per heavy atom. The van der Waals surface area contributed by atoms with E-state index in [0.29, 0.717) is 12.5 Å². The van der Waals surface area contributed by atoms with Crippen molar-refractivity contribution in [2.75, 3.05) is 13.2 Å². The molecule has 1 aromatic carbocycles. The monoisotopic (exact) mass is 269 g/mol. The topological polar surface area (TPSA) is 40.5 Å². The van der Waals surface area contributed by atoms with E-state index in [1.807, 2.05) is 29.2 Å². The summed E-state index contributed by atoms with van der Waals surface area (Å²) >= 11 is 0. The van der Waals surface area contributed by atoms with E-state index in [4.69, 9.17) is 5.11 Å². The van der Waals surface area contributed by atoms with Gasteiger partial charge in [0.1, 0.15) is 0 Å². The lowest BCUT2D eigenvalue weighted by atomic mass is 10.1. The number of rotatable bonds is 2. The molecule has 1 aliphatic heterocycles. The summed E-state index contributed by atoms with van der Waals surface area (Å²) in [5.74, 6) is 6.73. The number of carbonyl (C=O) groups is 1. The van der Waals surface area contributed by atoms with Crippen LogP contribution in [-0.4, -0.2) is 35.1 Å². The summed E-state index contributed by atoms with van der Waals surface area (Å²) in [7, 11) is 0. The SMILES string of the molecule is O=C(c1cccc(C#CCCO)c1)N1CC2CCC1C2. The van der Waals surface area contributed by atoms with Gasteiger partial charge in [-0.05, 0) is 43.4 Å². The van der Waals surface area contributed by atoms with Crippen molar-refractivity contribution in [3.8, 4) is 11.8 Å². The summed E-state index contributed by atoms with van der Waals surface area (Å²) in [6.45, 7) is 0.992. The average Bonchev–Trinajstić information content (AvgIpc) is 3.10. The first-order valence-electron chi connectivity index (χ1n) is 7.28. The number of nitrogens with zero attached hydrogens (tertiary/aromatic N) is 1. The van der Waals surface area contributed by atoms with Crippen LogP contribution in [0.4, 0.5) is 0 Å². The van der Waals surface area contributed by atoms with Gasteiger partial charge in [0.15, 0.2) is 0 Å². The molecule has 1 aliphatic carbocycles. The zero-order chi connectivity index (χ0) is 13.9. The number of amides is 1. The van der Waals surface area contributed by atoms with Crippen LogP contribution in [0, 0.1) is 17.8 Å². The highest BCUT2D eigenvalue weighted by Gasteiger charge is 2.40. The first-order chi connectivity index (χ1) is 9.78. The van der Waals surface area contributed by atoms with Gasteiger partial charge in [-0.2, -0.15) is 0 Å². The van der Waals surface area contributed by atoms with Crippen LogP contribution in [0.25, 0.3) is 0 Å². The predicted molar refractivity (Wildman–Crippen MR) is 77.2 cm³/mol. The highest BCUT2D eigenvalue weighted by molar-refractivity contribution is 5.95. The van der Waals surface area contributed by atoms with Crippen LogP contribution < -0.4 is 0 Å². The molecule has 1 saturated heterocycles. The molecule has 2 aliphatic rings. The largest absolute Gasteiger partial charge is 0.395 e. The number of benzene rings is 1. The third-order valence-electron chi connectivity index (χ3n) is 4.25. The second-order valence-electron chi connectivity index (χ2n) is 5.65. The van der Waals surface area contributed by atoms with Crippen LogP contribution in [0.1, 0.15) is 41.6 Å². The van der Waals surface area contributed by atoms with E-state index in [-0.39, 0.29) is 12.5 Å². The first kappa shape index (κ1) is 13.2. The molecule has 1 aromatic rings. The maximum atomic E-state index is 12.6. The second kappa shape index (κ2) is 5.68. The second-order valence-corrected chi connectivity index (χ2v) is 5.65. The van der Waals surface area contributed by atoms with Crippen molar-refractivity contribution >= 4 is 5.91 Å². The Labute approximate surface area is 119 Å². The van der Waals surface area contributed by atoms with Gasteiger partial charge < -0.3 is 10.0 Å².